The van der Waals surface area contributed by atoms with Gasteiger partial charge in [-0.2, -0.15) is 0 Å². The predicted molar refractivity (Wildman–Crippen MR) is 78.0 cm³/mol. The van der Waals surface area contributed by atoms with Crippen LogP contribution in [0.4, 0.5) is 4.39 Å². The molecular weight excluding hydrogens is 309 g/mol. The molecule has 2 N–H and O–H groups in total. The average molecular weight is 324 g/mol. The molecule has 2 rings (SSSR count). The smallest absolute Gasteiger partial charge is 0.134 e. The Hall–Kier alpha value is -1.39. The Balaban J connectivity index is 2.39. The van der Waals surface area contributed by atoms with Gasteiger partial charge in [0.05, 0.1) is 0 Å². The third kappa shape index (κ3) is 2.96. The maximum Gasteiger partial charge on any atom is 0.134 e. The van der Waals surface area contributed by atoms with Crippen LogP contribution in [-0.2, 0) is 6.54 Å². The number of ether oxygens (including phenoxy) is 1. The van der Waals surface area contributed by atoms with Crippen LogP contribution in [0.3, 0.4) is 0 Å². The first kappa shape index (κ1) is 14.0. The summed E-state index contributed by atoms with van der Waals surface area (Å²) in [6.07, 6.45) is 0. The highest BCUT2D eigenvalue weighted by atomic mass is 79.9. The molecule has 0 aromatic heterocycles. The van der Waals surface area contributed by atoms with E-state index in [0.29, 0.717) is 17.1 Å². The van der Waals surface area contributed by atoms with Crippen LogP contribution < -0.4 is 10.5 Å². The van der Waals surface area contributed by atoms with E-state index in [1.54, 1.807) is 12.1 Å². The molecule has 0 aliphatic rings. The van der Waals surface area contributed by atoms with E-state index in [9.17, 15) is 4.39 Å². The van der Waals surface area contributed by atoms with E-state index in [0.717, 1.165) is 15.6 Å². The lowest BCUT2D eigenvalue weighted by Crippen LogP contribution is -2.02. The van der Waals surface area contributed by atoms with Crippen molar-refractivity contribution >= 4 is 15.9 Å². The largest absolute Gasteiger partial charge is 0.457 e. The van der Waals surface area contributed by atoms with Crippen LogP contribution in [-0.4, -0.2) is 0 Å². The Morgan fingerprint density at radius 3 is 2.42 bits per heavy atom. The van der Waals surface area contributed by atoms with Crippen LogP contribution in [0.2, 0.25) is 0 Å². The first-order valence-electron chi connectivity index (χ1n) is 5.95. The summed E-state index contributed by atoms with van der Waals surface area (Å²) in [6.45, 7) is 4.08. The number of nitrogens with two attached hydrogens (primary N) is 1. The molecule has 0 heterocycles. The van der Waals surface area contributed by atoms with Crippen molar-refractivity contribution in [1.82, 2.24) is 0 Å². The topological polar surface area (TPSA) is 35.2 Å². The van der Waals surface area contributed by atoms with Crippen LogP contribution in [0.5, 0.6) is 11.5 Å². The van der Waals surface area contributed by atoms with Crippen molar-refractivity contribution in [3.63, 3.8) is 0 Å². The minimum absolute atomic E-state index is 0.108. The van der Waals surface area contributed by atoms with E-state index >= 15 is 0 Å². The van der Waals surface area contributed by atoms with Gasteiger partial charge in [-0.05, 0) is 49.2 Å². The molecule has 0 radical (unpaired) electrons. The summed E-state index contributed by atoms with van der Waals surface area (Å²) in [6, 6.07) is 8.53. The molecule has 2 aromatic carbocycles. The Morgan fingerprint density at radius 1 is 1.21 bits per heavy atom. The zero-order valence-corrected chi connectivity index (χ0v) is 12.4. The first-order valence-corrected chi connectivity index (χ1v) is 6.74. The van der Waals surface area contributed by atoms with Crippen LogP contribution in [0.25, 0.3) is 0 Å². The third-order valence-electron chi connectivity index (χ3n) is 2.92. The molecule has 2 aromatic rings. The van der Waals surface area contributed by atoms with Gasteiger partial charge in [0.15, 0.2) is 0 Å². The molecule has 100 valence electrons. The first-order chi connectivity index (χ1) is 9.02. The van der Waals surface area contributed by atoms with E-state index in [2.05, 4.69) is 15.9 Å². The third-order valence-corrected chi connectivity index (χ3v) is 4.17. The summed E-state index contributed by atoms with van der Waals surface area (Å²) in [7, 11) is 0. The Morgan fingerprint density at radius 2 is 1.84 bits per heavy atom. The second-order valence-electron chi connectivity index (χ2n) is 4.39. The molecule has 19 heavy (non-hydrogen) atoms. The van der Waals surface area contributed by atoms with Gasteiger partial charge in [0.1, 0.15) is 17.3 Å². The van der Waals surface area contributed by atoms with Gasteiger partial charge in [0, 0.05) is 16.6 Å². The van der Waals surface area contributed by atoms with Gasteiger partial charge >= 0.3 is 0 Å². The van der Waals surface area contributed by atoms with Crippen LogP contribution in [0, 0.1) is 19.7 Å². The number of hydrogen-bond donors (Lipinski definition) is 1. The monoisotopic (exact) mass is 323 g/mol. The predicted octanol–water partition coefficient (Wildman–Crippen LogP) is 4.46. The number of halogens is 2. The summed E-state index contributed by atoms with van der Waals surface area (Å²) in [5.74, 6) is 0.799. The SMILES string of the molecule is Cc1cc(Oc2cccc(F)c2CN)cc(C)c1Br. The maximum absolute atomic E-state index is 13.6. The Bertz CT molecular complexity index is 590. The number of rotatable bonds is 3. The van der Waals surface area contributed by atoms with Crippen molar-refractivity contribution in [1.29, 1.82) is 0 Å². The summed E-state index contributed by atoms with van der Waals surface area (Å²) in [5.41, 5.74) is 8.09. The van der Waals surface area contributed by atoms with E-state index < -0.39 is 0 Å². The summed E-state index contributed by atoms with van der Waals surface area (Å²) in [4.78, 5) is 0. The number of benzene rings is 2. The summed E-state index contributed by atoms with van der Waals surface area (Å²) < 4.78 is 20.4. The van der Waals surface area contributed by atoms with Crippen LogP contribution in [0.1, 0.15) is 16.7 Å². The molecule has 0 amide bonds. The molecule has 0 aliphatic heterocycles. The number of aryl methyl sites for hydroxylation is 2. The van der Waals surface area contributed by atoms with E-state index in [1.165, 1.54) is 6.07 Å². The van der Waals surface area contributed by atoms with Crippen molar-refractivity contribution < 1.29 is 9.13 Å². The molecule has 0 saturated heterocycles. The average Bonchev–Trinajstić information content (AvgIpc) is 2.36. The minimum atomic E-state index is -0.342. The van der Waals surface area contributed by atoms with Crippen molar-refractivity contribution in [2.75, 3.05) is 0 Å². The second-order valence-corrected chi connectivity index (χ2v) is 5.19. The van der Waals surface area contributed by atoms with Crippen molar-refractivity contribution in [2.45, 2.75) is 20.4 Å². The zero-order chi connectivity index (χ0) is 14.0. The summed E-state index contributed by atoms with van der Waals surface area (Å²) in [5, 5.41) is 0. The lowest BCUT2D eigenvalue weighted by molar-refractivity contribution is 0.466. The van der Waals surface area contributed by atoms with E-state index in [-0.39, 0.29) is 12.4 Å². The zero-order valence-electron chi connectivity index (χ0n) is 10.8. The van der Waals surface area contributed by atoms with Crippen molar-refractivity contribution in [3.8, 4) is 11.5 Å². The fraction of sp³-hybridized carbons (Fsp3) is 0.200. The molecule has 0 fully saturated rings. The molecule has 0 saturated carbocycles. The van der Waals surface area contributed by atoms with Gasteiger partial charge in [-0.1, -0.05) is 22.0 Å². The summed E-state index contributed by atoms with van der Waals surface area (Å²) >= 11 is 3.50. The van der Waals surface area contributed by atoms with Gasteiger partial charge in [0.2, 0.25) is 0 Å². The molecule has 4 heteroatoms. The van der Waals surface area contributed by atoms with E-state index in [1.807, 2.05) is 26.0 Å². The molecule has 2 nitrogen and oxygen atoms in total. The molecular formula is C15H15BrFNO. The number of hydrogen-bond acceptors (Lipinski definition) is 2. The van der Waals surface area contributed by atoms with Crippen molar-refractivity contribution in [3.05, 3.63) is 57.3 Å². The fourth-order valence-corrected chi connectivity index (χ4v) is 2.15. The molecule has 0 aliphatic carbocycles. The lowest BCUT2D eigenvalue weighted by atomic mass is 10.1. The molecule has 0 bridgehead atoms. The van der Waals surface area contributed by atoms with Gasteiger partial charge < -0.3 is 10.5 Å². The van der Waals surface area contributed by atoms with Crippen LogP contribution in [0.15, 0.2) is 34.8 Å². The standard InChI is InChI=1S/C15H15BrFNO/c1-9-6-11(7-10(2)15(9)16)19-14-5-3-4-13(17)12(14)8-18/h3-7H,8,18H2,1-2H3. The lowest BCUT2D eigenvalue weighted by Gasteiger charge is -2.13. The Labute approximate surface area is 120 Å². The fourth-order valence-electron chi connectivity index (χ4n) is 1.92. The highest BCUT2D eigenvalue weighted by Crippen LogP contribution is 2.31. The minimum Gasteiger partial charge on any atom is -0.457 e. The van der Waals surface area contributed by atoms with Gasteiger partial charge in [0.25, 0.3) is 0 Å². The quantitative estimate of drug-likeness (QED) is 0.905. The van der Waals surface area contributed by atoms with Gasteiger partial charge in [-0.25, -0.2) is 4.39 Å². The normalized spacial score (nSPS) is 10.6. The molecule has 0 atom stereocenters. The molecule has 0 spiro atoms. The second kappa shape index (κ2) is 5.72. The van der Waals surface area contributed by atoms with Gasteiger partial charge in [-0.3, -0.25) is 0 Å². The maximum atomic E-state index is 13.6. The highest BCUT2D eigenvalue weighted by Gasteiger charge is 2.10. The van der Waals surface area contributed by atoms with Gasteiger partial charge in [-0.15, -0.1) is 0 Å². The molecule has 0 unspecified atom stereocenters. The van der Waals surface area contributed by atoms with Crippen molar-refractivity contribution in [2.24, 2.45) is 5.73 Å². The highest BCUT2D eigenvalue weighted by molar-refractivity contribution is 9.10. The Kier molecular flexibility index (Phi) is 4.22. The van der Waals surface area contributed by atoms with E-state index in [4.69, 9.17) is 10.5 Å². The van der Waals surface area contributed by atoms with Crippen LogP contribution >= 0.6 is 15.9 Å².